The van der Waals surface area contributed by atoms with Crippen LogP contribution in [0.1, 0.15) is 95.9 Å². The number of hydrogen-bond acceptors (Lipinski definition) is 2. The average Bonchev–Trinajstić information content (AvgIpc) is 3.05. The van der Waals surface area contributed by atoms with Gasteiger partial charge in [-0.15, -0.1) is 11.5 Å². The van der Waals surface area contributed by atoms with Crippen LogP contribution < -0.4 is 0 Å². The van der Waals surface area contributed by atoms with Crippen LogP contribution in [0.15, 0.2) is 0 Å². The summed E-state index contributed by atoms with van der Waals surface area (Å²) in [7, 11) is -3.41. The van der Waals surface area contributed by atoms with Gasteiger partial charge < -0.3 is 9.16 Å². The Morgan fingerprint density at radius 3 is 1.63 bits per heavy atom. The van der Waals surface area contributed by atoms with E-state index >= 15 is 0 Å². The maximum atomic E-state index is 6.83. The van der Waals surface area contributed by atoms with Gasteiger partial charge in [0.25, 0.3) is 0 Å². The fraction of sp³-hybridized carbons (Fsp3) is 0.923. The number of rotatable bonds is 10. The summed E-state index contributed by atoms with van der Waals surface area (Å²) in [6.07, 6.45) is 2.28. The predicted molar refractivity (Wildman–Crippen MR) is 138 cm³/mol. The summed E-state index contributed by atoms with van der Waals surface area (Å²) in [4.78, 5) is 0. The summed E-state index contributed by atoms with van der Waals surface area (Å²) in [5, 5.41) is 0. The third-order valence-electron chi connectivity index (χ3n) is 7.94. The highest BCUT2D eigenvalue weighted by Crippen LogP contribution is 2.43. The summed E-state index contributed by atoms with van der Waals surface area (Å²) < 4.78 is 13.0. The van der Waals surface area contributed by atoms with Crippen LogP contribution in [-0.2, 0) is 9.16 Å². The van der Waals surface area contributed by atoms with Gasteiger partial charge in [-0.05, 0) is 39.7 Å². The minimum atomic E-state index is -1.78. The summed E-state index contributed by atoms with van der Waals surface area (Å²) in [5.74, 6) is 4.14. The van der Waals surface area contributed by atoms with Gasteiger partial charge in [0.1, 0.15) is 8.07 Å². The molecule has 0 bridgehead atoms. The largest absolute Gasteiger partial charge is 0.416 e. The molecule has 0 saturated carbocycles. The zero-order valence-corrected chi connectivity index (χ0v) is 24.3. The average molecular weight is 453 g/mol. The summed E-state index contributed by atoms with van der Waals surface area (Å²) >= 11 is 0. The summed E-state index contributed by atoms with van der Waals surface area (Å²) in [5.41, 5.74) is 7.86. The van der Waals surface area contributed by atoms with Crippen molar-refractivity contribution in [3.05, 3.63) is 0 Å². The molecule has 0 spiro atoms. The molecule has 0 aromatic rings. The Bertz CT molecular complexity index is 526. The molecule has 1 aliphatic heterocycles. The molecule has 2 atom stereocenters. The van der Waals surface area contributed by atoms with Crippen molar-refractivity contribution >= 4 is 16.4 Å². The molecular formula is C26H52O2Si2. The SMILES string of the molecule is CC(C)[Si](C#CCC1CC(CO[Si](C(C)C)(C(C)C)C(C)C)CO1)(C(C)C)C(C)C. The van der Waals surface area contributed by atoms with Crippen LogP contribution in [0.4, 0.5) is 0 Å². The van der Waals surface area contributed by atoms with Crippen molar-refractivity contribution in [2.24, 2.45) is 5.92 Å². The minimum Gasteiger partial charge on any atom is -0.416 e. The van der Waals surface area contributed by atoms with E-state index in [1.165, 1.54) is 0 Å². The van der Waals surface area contributed by atoms with E-state index < -0.39 is 16.4 Å². The molecule has 1 heterocycles. The van der Waals surface area contributed by atoms with Crippen LogP contribution in [0.3, 0.4) is 0 Å². The highest BCUT2D eigenvalue weighted by atomic mass is 28.4. The Morgan fingerprint density at radius 2 is 1.23 bits per heavy atom. The smallest absolute Gasteiger partial charge is 0.200 e. The molecule has 0 aliphatic carbocycles. The topological polar surface area (TPSA) is 18.5 Å². The van der Waals surface area contributed by atoms with Gasteiger partial charge in [0.2, 0.25) is 0 Å². The zero-order chi connectivity index (χ0) is 23.3. The van der Waals surface area contributed by atoms with Gasteiger partial charge >= 0.3 is 0 Å². The van der Waals surface area contributed by atoms with E-state index in [1.54, 1.807) is 0 Å². The zero-order valence-electron chi connectivity index (χ0n) is 22.3. The highest BCUT2D eigenvalue weighted by Gasteiger charge is 2.46. The van der Waals surface area contributed by atoms with Gasteiger partial charge in [-0.2, -0.15) is 0 Å². The summed E-state index contributed by atoms with van der Waals surface area (Å²) in [6.45, 7) is 30.2. The van der Waals surface area contributed by atoms with Gasteiger partial charge in [0.15, 0.2) is 8.32 Å². The first-order chi connectivity index (χ1) is 13.8. The van der Waals surface area contributed by atoms with E-state index in [-0.39, 0.29) is 6.10 Å². The molecule has 30 heavy (non-hydrogen) atoms. The third-order valence-corrected chi connectivity index (χ3v) is 20.4. The maximum absolute atomic E-state index is 6.83. The van der Waals surface area contributed by atoms with Crippen molar-refractivity contribution in [1.29, 1.82) is 0 Å². The van der Waals surface area contributed by atoms with Crippen molar-refractivity contribution in [2.45, 2.75) is 135 Å². The van der Waals surface area contributed by atoms with E-state index in [1.807, 2.05) is 0 Å². The quantitative estimate of drug-likeness (QED) is 0.245. The molecule has 1 saturated heterocycles. The van der Waals surface area contributed by atoms with Crippen molar-refractivity contribution in [3.8, 4) is 11.5 Å². The second-order valence-electron chi connectivity index (χ2n) is 11.6. The van der Waals surface area contributed by atoms with Crippen LogP contribution in [-0.4, -0.2) is 35.7 Å². The van der Waals surface area contributed by atoms with Crippen LogP contribution in [0, 0.1) is 17.4 Å². The molecule has 0 aromatic carbocycles. The summed E-state index contributed by atoms with van der Waals surface area (Å²) in [6, 6.07) is 0. The van der Waals surface area contributed by atoms with E-state index in [2.05, 4.69) is 94.5 Å². The molecule has 0 radical (unpaired) electrons. The fourth-order valence-corrected chi connectivity index (χ4v) is 17.4. The van der Waals surface area contributed by atoms with Crippen LogP contribution in [0.2, 0.25) is 33.2 Å². The van der Waals surface area contributed by atoms with E-state index in [9.17, 15) is 0 Å². The minimum absolute atomic E-state index is 0.289. The first-order valence-corrected chi connectivity index (χ1v) is 16.9. The Labute approximate surface area is 191 Å². The van der Waals surface area contributed by atoms with E-state index in [4.69, 9.17) is 9.16 Å². The van der Waals surface area contributed by atoms with Crippen molar-refractivity contribution in [1.82, 2.24) is 0 Å². The lowest BCUT2D eigenvalue weighted by Crippen LogP contribution is -2.48. The lowest BCUT2D eigenvalue weighted by Gasteiger charge is -2.42. The molecule has 2 unspecified atom stereocenters. The second-order valence-corrected chi connectivity index (χ2v) is 22.6. The Balaban J connectivity index is 2.75. The highest BCUT2D eigenvalue weighted by molar-refractivity contribution is 6.90. The molecule has 1 rings (SSSR count). The van der Waals surface area contributed by atoms with Crippen LogP contribution in [0.5, 0.6) is 0 Å². The van der Waals surface area contributed by atoms with Gasteiger partial charge in [-0.25, -0.2) is 0 Å². The molecule has 1 fully saturated rings. The molecule has 0 N–H and O–H groups in total. The van der Waals surface area contributed by atoms with Crippen LogP contribution >= 0.6 is 0 Å². The Morgan fingerprint density at radius 1 is 0.767 bits per heavy atom. The molecule has 176 valence electrons. The van der Waals surface area contributed by atoms with Crippen LogP contribution in [0.25, 0.3) is 0 Å². The number of ether oxygens (including phenoxy) is 1. The molecule has 2 nitrogen and oxygen atoms in total. The Hall–Kier alpha value is -0.0862. The van der Waals surface area contributed by atoms with Crippen molar-refractivity contribution in [3.63, 3.8) is 0 Å². The molecular weight excluding hydrogens is 400 g/mol. The maximum Gasteiger partial charge on any atom is 0.200 e. The fourth-order valence-electron chi connectivity index (χ4n) is 6.55. The molecule has 4 heteroatoms. The Kier molecular flexibility index (Phi) is 10.9. The van der Waals surface area contributed by atoms with Gasteiger partial charge in [0, 0.05) is 18.9 Å². The molecule has 1 aliphatic rings. The van der Waals surface area contributed by atoms with E-state index in [0.29, 0.717) is 39.2 Å². The van der Waals surface area contributed by atoms with Gasteiger partial charge in [0.05, 0.1) is 12.7 Å². The van der Waals surface area contributed by atoms with Crippen molar-refractivity contribution < 1.29 is 9.16 Å². The van der Waals surface area contributed by atoms with Gasteiger partial charge in [-0.1, -0.05) is 83.1 Å². The second kappa shape index (κ2) is 11.7. The lowest BCUT2D eigenvalue weighted by molar-refractivity contribution is 0.105. The normalized spacial score (nSPS) is 20.9. The van der Waals surface area contributed by atoms with Crippen molar-refractivity contribution in [2.75, 3.05) is 13.2 Å². The van der Waals surface area contributed by atoms with Gasteiger partial charge in [-0.3, -0.25) is 0 Å². The first-order valence-electron chi connectivity index (χ1n) is 12.6. The number of hydrogen-bond donors (Lipinski definition) is 0. The first kappa shape index (κ1) is 27.9. The van der Waals surface area contributed by atoms with E-state index in [0.717, 1.165) is 26.1 Å². The predicted octanol–water partition coefficient (Wildman–Crippen LogP) is 8.20. The lowest BCUT2D eigenvalue weighted by atomic mass is 10.1. The molecule has 0 amide bonds. The monoisotopic (exact) mass is 452 g/mol. The molecule has 0 aromatic heterocycles. The standard InChI is InChI=1S/C26H52O2Si2/c1-19(2)29(20(3)4,21(5)6)15-13-14-26-16-25(17-27-26)18-28-30(22(7)8,23(9)10)24(11)12/h19-26H,14,16-18H2,1-12H3. The third kappa shape index (κ3) is 6.03.